The van der Waals surface area contributed by atoms with Gasteiger partial charge in [0.2, 0.25) is 11.7 Å². The molecule has 2 aromatic heterocycles. The lowest BCUT2D eigenvalue weighted by Crippen LogP contribution is -2.43. The van der Waals surface area contributed by atoms with Gasteiger partial charge in [0.25, 0.3) is 5.89 Å². The maximum atomic E-state index is 13.1. The van der Waals surface area contributed by atoms with Crippen LogP contribution >= 0.6 is 0 Å². The van der Waals surface area contributed by atoms with Crippen LogP contribution in [-0.2, 0) is 16.0 Å². The van der Waals surface area contributed by atoms with Gasteiger partial charge in [-0.1, -0.05) is 41.6 Å². The van der Waals surface area contributed by atoms with Gasteiger partial charge in [0.05, 0.1) is 25.8 Å². The van der Waals surface area contributed by atoms with Crippen molar-refractivity contribution >= 4 is 16.9 Å². The van der Waals surface area contributed by atoms with Crippen LogP contribution in [0.4, 0.5) is 0 Å². The van der Waals surface area contributed by atoms with Gasteiger partial charge in [-0.3, -0.25) is 4.79 Å². The Morgan fingerprint density at radius 3 is 2.81 bits per heavy atom. The second-order valence-electron chi connectivity index (χ2n) is 8.29. The molecule has 1 fully saturated rings. The Labute approximate surface area is 186 Å². The molecule has 1 aliphatic heterocycles. The number of morpholine rings is 1. The fourth-order valence-corrected chi connectivity index (χ4v) is 4.12. The van der Waals surface area contributed by atoms with E-state index in [1.165, 1.54) is 5.56 Å². The molecule has 3 heterocycles. The molecule has 7 nitrogen and oxygen atoms in total. The van der Waals surface area contributed by atoms with E-state index in [4.69, 9.17) is 13.7 Å². The van der Waals surface area contributed by atoms with Crippen LogP contribution in [0.25, 0.3) is 22.4 Å². The molecule has 1 saturated heterocycles. The Hall–Kier alpha value is -3.45. The molecule has 0 bridgehead atoms. The van der Waals surface area contributed by atoms with Gasteiger partial charge in [-0.25, -0.2) is 0 Å². The largest absolute Gasteiger partial charge is 0.464 e. The number of nitrogens with zero attached hydrogens (tertiary/aromatic N) is 3. The number of furan rings is 1. The van der Waals surface area contributed by atoms with Crippen molar-refractivity contribution in [2.24, 2.45) is 0 Å². The molecule has 7 heteroatoms. The molecule has 0 radical (unpaired) electrons. The van der Waals surface area contributed by atoms with Gasteiger partial charge in [0.15, 0.2) is 6.10 Å². The summed E-state index contributed by atoms with van der Waals surface area (Å²) < 4.78 is 17.1. The fourth-order valence-electron chi connectivity index (χ4n) is 4.12. The second kappa shape index (κ2) is 8.24. The van der Waals surface area contributed by atoms with Gasteiger partial charge in [0.1, 0.15) is 5.58 Å². The summed E-state index contributed by atoms with van der Waals surface area (Å²) in [6, 6.07) is 12.0. The zero-order chi connectivity index (χ0) is 22.2. The molecular formula is C25H25N3O4. The Balaban J connectivity index is 1.31. The molecule has 1 atom stereocenters. The number of ether oxygens (including phenoxy) is 1. The Kier molecular flexibility index (Phi) is 5.27. The first-order chi connectivity index (χ1) is 15.5. The molecule has 0 saturated carbocycles. The monoisotopic (exact) mass is 431 g/mol. The van der Waals surface area contributed by atoms with Crippen molar-refractivity contribution in [1.82, 2.24) is 15.0 Å². The first-order valence-electron chi connectivity index (χ1n) is 10.8. The number of carbonyl (C=O) groups excluding carboxylic acids is 1. The predicted molar refractivity (Wildman–Crippen MR) is 119 cm³/mol. The van der Waals surface area contributed by atoms with Gasteiger partial charge >= 0.3 is 0 Å². The van der Waals surface area contributed by atoms with Crippen molar-refractivity contribution < 1.29 is 18.5 Å². The summed E-state index contributed by atoms with van der Waals surface area (Å²) in [6.07, 6.45) is 1.53. The van der Waals surface area contributed by atoms with Crippen LogP contribution < -0.4 is 0 Å². The van der Waals surface area contributed by atoms with Crippen LogP contribution in [0.5, 0.6) is 0 Å². The predicted octanol–water partition coefficient (Wildman–Crippen LogP) is 4.55. The van der Waals surface area contributed by atoms with Crippen LogP contribution in [0.3, 0.4) is 0 Å². The summed E-state index contributed by atoms with van der Waals surface area (Å²) in [6.45, 7) is 7.42. The molecule has 5 rings (SSSR count). The zero-order valence-corrected chi connectivity index (χ0v) is 18.4. The zero-order valence-electron chi connectivity index (χ0n) is 18.4. The topological polar surface area (TPSA) is 81.6 Å². The summed E-state index contributed by atoms with van der Waals surface area (Å²) in [7, 11) is 0. The lowest BCUT2D eigenvalue weighted by molar-refractivity contribution is -0.139. The maximum Gasteiger partial charge on any atom is 0.257 e. The third kappa shape index (κ3) is 3.69. The smallest absolute Gasteiger partial charge is 0.257 e. The molecular weight excluding hydrogens is 406 g/mol. The molecule has 1 aliphatic rings. The van der Waals surface area contributed by atoms with Crippen LogP contribution in [-0.4, -0.2) is 40.6 Å². The average molecular weight is 431 g/mol. The van der Waals surface area contributed by atoms with Crippen LogP contribution in [0.15, 0.2) is 51.6 Å². The van der Waals surface area contributed by atoms with Crippen molar-refractivity contribution in [2.75, 3.05) is 19.7 Å². The molecule has 164 valence electrons. The normalized spacial score (nSPS) is 16.6. The highest BCUT2D eigenvalue weighted by atomic mass is 16.5. The van der Waals surface area contributed by atoms with Crippen molar-refractivity contribution in [3.63, 3.8) is 0 Å². The van der Waals surface area contributed by atoms with E-state index < -0.39 is 6.10 Å². The SMILES string of the molecule is Cc1ccccc1-c1noc(C2CN(C(=O)Cc3coc4c(C)c(C)ccc34)CCO2)n1. The molecule has 0 aliphatic carbocycles. The molecule has 2 aromatic carbocycles. The van der Waals surface area contributed by atoms with Crippen LogP contribution in [0.2, 0.25) is 0 Å². The maximum absolute atomic E-state index is 13.1. The molecule has 4 aromatic rings. The van der Waals surface area contributed by atoms with Crippen LogP contribution in [0.1, 0.15) is 34.2 Å². The molecule has 1 unspecified atom stereocenters. The number of fused-ring (bicyclic) bond motifs is 1. The third-order valence-electron chi connectivity index (χ3n) is 6.21. The van der Waals surface area contributed by atoms with E-state index in [1.54, 1.807) is 11.2 Å². The van der Waals surface area contributed by atoms with E-state index in [0.29, 0.717) is 31.4 Å². The highest BCUT2D eigenvalue weighted by molar-refractivity contribution is 5.89. The standard InChI is InChI=1S/C25H25N3O4/c1-15-8-9-20-18(14-31-23(20)17(15)3)12-22(29)28-10-11-30-21(13-28)25-26-24(27-32-25)19-7-5-4-6-16(19)2/h4-9,14,21H,10-13H2,1-3H3. The minimum absolute atomic E-state index is 0.0258. The summed E-state index contributed by atoms with van der Waals surface area (Å²) in [5.74, 6) is 0.944. The van der Waals surface area contributed by atoms with Crippen molar-refractivity contribution in [2.45, 2.75) is 33.3 Å². The minimum Gasteiger partial charge on any atom is -0.464 e. The average Bonchev–Trinajstić information content (AvgIpc) is 3.45. The highest BCUT2D eigenvalue weighted by Crippen LogP contribution is 2.29. The summed E-state index contributed by atoms with van der Waals surface area (Å²) in [5, 5.41) is 5.11. The van der Waals surface area contributed by atoms with Gasteiger partial charge in [-0.15, -0.1) is 0 Å². The fraction of sp³-hybridized carbons (Fsp3) is 0.320. The molecule has 1 amide bonds. The van der Waals surface area contributed by atoms with E-state index >= 15 is 0 Å². The van der Waals surface area contributed by atoms with Gasteiger partial charge in [-0.05, 0) is 37.5 Å². The van der Waals surface area contributed by atoms with Gasteiger partial charge in [-0.2, -0.15) is 4.98 Å². The molecule has 0 N–H and O–H groups in total. The Morgan fingerprint density at radius 2 is 1.97 bits per heavy atom. The first-order valence-corrected chi connectivity index (χ1v) is 10.8. The van der Waals surface area contributed by atoms with Crippen molar-refractivity contribution in [3.8, 4) is 11.4 Å². The summed E-state index contributed by atoms with van der Waals surface area (Å²) in [4.78, 5) is 19.4. The quantitative estimate of drug-likeness (QED) is 0.471. The third-order valence-corrected chi connectivity index (χ3v) is 6.21. The number of amides is 1. The lowest BCUT2D eigenvalue weighted by atomic mass is 10.0. The molecule has 0 spiro atoms. The van der Waals surface area contributed by atoms with Crippen molar-refractivity contribution in [3.05, 3.63) is 70.8 Å². The van der Waals surface area contributed by atoms with E-state index in [-0.39, 0.29) is 12.3 Å². The summed E-state index contributed by atoms with van der Waals surface area (Å²) in [5.41, 5.74) is 6.01. The lowest BCUT2D eigenvalue weighted by Gasteiger charge is -2.31. The molecule has 32 heavy (non-hydrogen) atoms. The number of aromatic nitrogens is 2. The number of carbonyl (C=O) groups is 1. The van der Waals surface area contributed by atoms with Gasteiger partial charge in [0, 0.05) is 23.1 Å². The highest BCUT2D eigenvalue weighted by Gasteiger charge is 2.30. The second-order valence-corrected chi connectivity index (χ2v) is 8.29. The van der Waals surface area contributed by atoms with E-state index in [1.807, 2.05) is 44.2 Å². The first kappa shape index (κ1) is 20.5. The van der Waals surface area contributed by atoms with E-state index in [0.717, 1.165) is 33.2 Å². The Bertz CT molecular complexity index is 1290. The van der Waals surface area contributed by atoms with Gasteiger partial charge < -0.3 is 18.6 Å². The van der Waals surface area contributed by atoms with Crippen LogP contribution in [0, 0.1) is 20.8 Å². The minimum atomic E-state index is -0.441. The Morgan fingerprint density at radius 1 is 1.12 bits per heavy atom. The van der Waals surface area contributed by atoms with E-state index in [2.05, 4.69) is 23.1 Å². The number of benzene rings is 2. The number of hydrogen-bond acceptors (Lipinski definition) is 6. The number of hydrogen-bond donors (Lipinski definition) is 0. The number of rotatable bonds is 4. The summed E-state index contributed by atoms with van der Waals surface area (Å²) >= 11 is 0. The van der Waals surface area contributed by atoms with Crippen molar-refractivity contribution in [1.29, 1.82) is 0 Å². The van der Waals surface area contributed by atoms with E-state index in [9.17, 15) is 4.79 Å². The number of aryl methyl sites for hydroxylation is 3.